The number of furan rings is 1. The summed E-state index contributed by atoms with van der Waals surface area (Å²) in [4.78, 5) is 1.20. The molecule has 108 valence electrons. The van der Waals surface area contributed by atoms with Crippen LogP contribution < -0.4 is 0 Å². The maximum atomic E-state index is 12.8. The molecule has 0 aliphatic heterocycles. The predicted octanol–water partition coefficient (Wildman–Crippen LogP) is 3.77. The van der Waals surface area contributed by atoms with Gasteiger partial charge in [-0.25, -0.2) is 8.42 Å². The number of thiophene rings is 1. The molecule has 1 aliphatic carbocycles. The van der Waals surface area contributed by atoms with E-state index in [-0.39, 0.29) is 6.04 Å². The Kier molecular flexibility index (Phi) is 3.79. The van der Waals surface area contributed by atoms with Gasteiger partial charge in [0.25, 0.3) is 0 Å². The van der Waals surface area contributed by atoms with Crippen LogP contribution in [0.15, 0.2) is 37.6 Å². The third-order valence-corrected chi connectivity index (χ3v) is 6.98. The summed E-state index contributed by atoms with van der Waals surface area (Å²) < 4.78 is 33.4. The molecular weight excluding hydrogens is 362 g/mol. The monoisotopic (exact) mass is 375 g/mol. The first-order valence-corrected chi connectivity index (χ1v) is 9.33. The molecular formula is C13H14BrNO3S2. The Balaban J connectivity index is 1.96. The Morgan fingerprint density at radius 2 is 2.25 bits per heavy atom. The van der Waals surface area contributed by atoms with Crippen LogP contribution in [0.2, 0.25) is 0 Å². The number of aryl methyl sites for hydroxylation is 1. The molecule has 2 aromatic heterocycles. The van der Waals surface area contributed by atoms with Crippen LogP contribution in [0.5, 0.6) is 0 Å². The molecule has 0 bridgehead atoms. The van der Waals surface area contributed by atoms with E-state index in [1.807, 2.05) is 6.92 Å². The zero-order chi connectivity index (χ0) is 14.3. The van der Waals surface area contributed by atoms with Gasteiger partial charge in [0.2, 0.25) is 10.0 Å². The Hall–Kier alpha value is -0.630. The molecule has 0 unspecified atom stereocenters. The van der Waals surface area contributed by atoms with Crippen molar-refractivity contribution in [1.82, 2.24) is 4.31 Å². The summed E-state index contributed by atoms with van der Waals surface area (Å²) >= 11 is 4.80. The van der Waals surface area contributed by atoms with E-state index in [0.717, 1.165) is 21.5 Å². The summed E-state index contributed by atoms with van der Waals surface area (Å²) in [5.41, 5.74) is 0. The van der Waals surface area contributed by atoms with E-state index in [1.165, 1.54) is 11.3 Å². The topological polar surface area (TPSA) is 50.5 Å². The van der Waals surface area contributed by atoms with Gasteiger partial charge in [0, 0.05) is 10.9 Å². The van der Waals surface area contributed by atoms with Crippen LogP contribution in [0.25, 0.3) is 0 Å². The molecule has 0 saturated heterocycles. The van der Waals surface area contributed by atoms with Crippen molar-refractivity contribution in [3.63, 3.8) is 0 Å². The molecule has 0 aromatic carbocycles. The predicted molar refractivity (Wildman–Crippen MR) is 81.2 cm³/mol. The molecule has 4 nitrogen and oxygen atoms in total. The van der Waals surface area contributed by atoms with Gasteiger partial charge >= 0.3 is 0 Å². The van der Waals surface area contributed by atoms with Crippen LogP contribution in [-0.4, -0.2) is 18.8 Å². The summed E-state index contributed by atoms with van der Waals surface area (Å²) in [7, 11) is -3.47. The van der Waals surface area contributed by atoms with E-state index in [4.69, 9.17) is 4.42 Å². The van der Waals surface area contributed by atoms with Crippen molar-refractivity contribution in [3.05, 3.63) is 38.9 Å². The Morgan fingerprint density at radius 3 is 2.75 bits per heavy atom. The van der Waals surface area contributed by atoms with E-state index in [9.17, 15) is 8.42 Å². The van der Waals surface area contributed by atoms with Gasteiger partial charge in [-0.3, -0.25) is 0 Å². The zero-order valence-electron chi connectivity index (χ0n) is 10.9. The van der Waals surface area contributed by atoms with Gasteiger partial charge in [-0.1, -0.05) is 0 Å². The number of sulfonamides is 1. The van der Waals surface area contributed by atoms with E-state index in [1.54, 1.807) is 28.8 Å². The minimum Gasteiger partial charge on any atom is -0.468 e. The summed E-state index contributed by atoms with van der Waals surface area (Å²) in [5, 5.41) is 0. The van der Waals surface area contributed by atoms with Crippen LogP contribution in [0.1, 0.15) is 23.5 Å². The molecule has 0 atom stereocenters. The van der Waals surface area contributed by atoms with Crippen molar-refractivity contribution < 1.29 is 12.8 Å². The molecule has 0 radical (unpaired) electrons. The lowest BCUT2D eigenvalue weighted by molar-refractivity contribution is 0.356. The molecule has 7 heteroatoms. The lowest BCUT2D eigenvalue weighted by Crippen LogP contribution is -2.32. The molecule has 3 rings (SSSR count). The van der Waals surface area contributed by atoms with Crippen LogP contribution in [0.3, 0.4) is 0 Å². The highest BCUT2D eigenvalue weighted by Crippen LogP contribution is 2.37. The minimum absolute atomic E-state index is 0.100. The summed E-state index contributed by atoms with van der Waals surface area (Å²) in [5.74, 6) is 0.674. The van der Waals surface area contributed by atoms with E-state index in [2.05, 4.69) is 15.9 Å². The molecule has 0 N–H and O–H groups in total. The van der Waals surface area contributed by atoms with Gasteiger partial charge in [0.1, 0.15) is 5.76 Å². The summed E-state index contributed by atoms with van der Waals surface area (Å²) in [6.45, 7) is 2.13. The van der Waals surface area contributed by atoms with Gasteiger partial charge in [0.05, 0.1) is 21.5 Å². The molecule has 2 aromatic rings. The average Bonchev–Trinajstić information content (AvgIpc) is 2.96. The van der Waals surface area contributed by atoms with Crippen molar-refractivity contribution in [2.45, 2.75) is 37.2 Å². The maximum Gasteiger partial charge on any atom is 0.244 e. The minimum atomic E-state index is -3.47. The van der Waals surface area contributed by atoms with E-state index < -0.39 is 10.0 Å². The van der Waals surface area contributed by atoms with Crippen LogP contribution in [-0.2, 0) is 16.6 Å². The fourth-order valence-electron chi connectivity index (χ4n) is 2.14. The summed E-state index contributed by atoms with van der Waals surface area (Å²) in [6, 6.07) is 5.37. The van der Waals surface area contributed by atoms with Crippen molar-refractivity contribution in [2.75, 3.05) is 0 Å². The van der Waals surface area contributed by atoms with E-state index >= 15 is 0 Å². The molecule has 1 fully saturated rings. The van der Waals surface area contributed by atoms with Gasteiger partial charge in [-0.05, 0) is 53.9 Å². The van der Waals surface area contributed by atoms with Gasteiger partial charge < -0.3 is 4.42 Å². The number of nitrogens with zero attached hydrogens (tertiary/aromatic N) is 1. The molecule has 0 amide bonds. The molecule has 1 aliphatic rings. The Labute approximate surface area is 130 Å². The molecule has 2 heterocycles. The zero-order valence-corrected chi connectivity index (χ0v) is 14.1. The average molecular weight is 376 g/mol. The van der Waals surface area contributed by atoms with Crippen molar-refractivity contribution >= 4 is 37.3 Å². The van der Waals surface area contributed by atoms with Crippen LogP contribution >= 0.6 is 27.3 Å². The third kappa shape index (κ3) is 2.72. The largest absolute Gasteiger partial charge is 0.468 e. The van der Waals surface area contributed by atoms with Crippen LogP contribution in [0.4, 0.5) is 0 Å². The fourth-order valence-corrected chi connectivity index (χ4v) is 6.18. The highest BCUT2D eigenvalue weighted by molar-refractivity contribution is 9.11. The number of halogens is 1. The number of hydrogen-bond acceptors (Lipinski definition) is 4. The van der Waals surface area contributed by atoms with Crippen molar-refractivity contribution in [3.8, 4) is 0 Å². The highest BCUT2D eigenvalue weighted by atomic mass is 79.9. The Bertz CT molecular complexity index is 702. The second kappa shape index (κ2) is 5.29. The van der Waals surface area contributed by atoms with Gasteiger partial charge in [-0.15, -0.1) is 11.3 Å². The van der Waals surface area contributed by atoms with Crippen molar-refractivity contribution in [1.29, 1.82) is 0 Å². The Morgan fingerprint density at radius 1 is 1.50 bits per heavy atom. The highest BCUT2D eigenvalue weighted by Gasteiger charge is 2.39. The lowest BCUT2D eigenvalue weighted by Gasteiger charge is -2.20. The molecule has 0 spiro atoms. The van der Waals surface area contributed by atoms with Gasteiger partial charge in [0.15, 0.2) is 0 Å². The van der Waals surface area contributed by atoms with Crippen molar-refractivity contribution in [2.24, 2.45) is 0 Å². The smallest absolute Gasteiger partial charge is 0.244 e. The first kappa shape index (κ1) is 14.3. The first-order valence-electron chi connectivity index (χ1n) is 6.28. The lowest BCUT2D eigenvalue weighted by atomic mass is 10.4. The molecule has 20 heavy (non-hydrogen) atoms. The quantitative estimate of drug-likeness (QED) is 0.798. The fraction of sp³-hybridized carbons (Fsp3) is 0.385. The van der Waals surface area contributed by atoms with Gasteiger partial charge in [-0.2, -0.15) is 4.31 Å². The second-order valence-electron chi connectivity index (χ2n) is 4.83. The number of rotatable bonds is 5. The maximum absolute atomic E-state index is 12.8. The first-order chi connectivity index (χ1) is 9.48. The SMILES string of the molecule is Cc1sc(Br)cc1S(=O)(=O)N(Cc1ccco1)C1CC1. The molecule has 1 saturated carbocycles. The summed E-state index contributed by atoms with van der Waals surface area (Å²) in [6.07, 6.45) is 3.41. The third-order valence-electron chi connectivity index (χ3n) is 3.27. The normalized spacial score (nSPS) is 15.9. The van der Waals surface area contributed by atoms with Crippen LogP contribution in [0, 0.1) is 6.92 Å². The second-order valence-corrected chi connectivity index (χ2v) is 9.33. The standard InChI is InChI=1S/C13H14BrNO3S2/c1-9-12(7-13(14)19-9)20(16,17)15(10-4-5-10)8-11-3-2-6-18-11/h2-3,6-7,10H,4-5,8H2,1H3. The number of hydrogen-bond donors (Lipinski definition) is 0. The van der Waals surface area contributed by atoms with E-state index in [0.29, 0.717) is 17.2 Å².